The van der Waals surface area contributed by atoms with Crippen molar-refractivity contribution < 1.29 is 18.7 Å². The maximum Gasteiger partial charge on any atom is 0.289 e. The Morgan fingerprint density at radius 3 is 2.80 bits per heavy atom. The van der Waals surface area contributed by atoms with Crippen LogP contribution in [0.2, 0.25) is 0 Å². The van der Waals surface area contributed by atoms with Gasteiger partial charge in [0.1, 0.15) is 11.5 Å². The first-order chi connectivity index (χ1) is 12.2. The van der Waals surface area contributed by atoms with E-state index in [1.54, 1.807) is 44.6 Å². The second-order valence-electron chi connectivity index (χ2n) is 4.95. The van der Waals surface area contributed by atoms with E-state index in [1.807, 2.05) is 6.07 Å². The number of benzene rings is 1. The van der Waals surface area contributed by atoms with Gasteiger partial charge in [-0.2, -0.15) is 10.2 Å². The van der Waals surface area contributed by atoms with Gasteiger partial charge in [-0.15, -0.1) is 0 Å². The molecule has 0 radical (unpaired) electrons. The molecule has 0 saturated heterocycles. The largest absolute Gasteiger partial charge is 0.493 e. The molecular formula is C17H16N4O4. The molecule has 3 aromatic rings. The van der Waals surface area contributed by atoms with Crippen molar-refractivity contribution in [1.82, 2.24) is 15.6 Å². The Kier molecular flexibility index (Phi) is 4.79. The average Bonchev–Trinajstić information content (AvgIpc) is 3.33. The van der Waals surface area contributed by atoms with Crippen LogP contribution in [0.15, 0.2) is 52.2 Å². The molecule has 0 atom stereocenters. The fourth-order valence-electron chi connectivity index (χ4n) is 2.16. The SMILES string of the molecule is COc1ccc(-c2cc(C(=O)NN=Cc3ccco3)[nH]n2)cc1OC. The summed E-state index contributed by atoms with van der Waals surface area (Å²) in [7, 11) is 3.12. The molecule has 25 heavy (non-hydrogen) atoms. The fraction of sp³-hybridized carbons (Fsp3) is 0.118. The van der Waals surface area contributed by atoms with Gasteiger partial charge in [0.2, 0.25) is 0 Å². The number of H-pyrrole nitrogens is 1. The predicted octanol–water partition coefficient (Wildman–Crippen LogP) is 2.45. The van der Waals surface area contributed by atoms with Crippen molar-refractivity contribution in [3.8, 4) is 22.8 Å². The van der Waals surface area contributed by atoms with E-state index in [-0.39, 0.29) is 5.69 Å². The van der Waals surface area contributed by atoms with E-state index in [1.165, 1.54) is 12.5 Å². The van der Waals surface area contributed by atoms with Gasteiger partial charge in [-0.25, -0.2) is 5.43 Å². The lowest BCUT2D eigenvalue weighted by Gasteiger charge is -2.08. The molecule has 2 aromatic heterocycles. The van der Waals surface area contributed by atoms with Crippen molar-refractivity contribution >= 4 is 12.1 Å². The normalized spacial score (nSPS) is 10.8. The highest BCUT2D eigenvalue weighted by atomic mass is 16.5. The summed E-state index contributed by atoms with van der Waals surface area (Å²) in [5.41, 5.74) is 4.06. The van der Waals surface area contributed by atoms with Gasteiger partial charge in [-0.3, -0.25) is 9.89 Å². The molecule has 0 spiro atoms. The Morgan fingerprint density at radius 2 is 2.08 bits per heavy atom. The van der Waals surface area contributed by atoms with Crippen LogP contribution in [-0.2, 0) is 0 Å². The highest BCUT2D eigenvalue weighted by Gasteiger charge is 2.12. The zero-order valence-electron chi connectivity index (χ0n) is 13.6. The van der Waals surface area contributed by atoms with Crippen LogP contribution in [0.5, 0.6) is 11.5 Å². The molecule has 2 heterocycles. The highest BCUT2D eigenvalue weighted by Crippen LogP contribution is 2.31. The van der Waals surface area contributed by atoms with Crippen molar-refractivity contribution in [2.24, 2.45) is 5.10 Å². The van der Waals surface area contributed by atoms with Gasteiger partial charge in [0.25, 0.3) is 5.91 Å². The Hall–Kier alpha value is -3.55. The van der Waals surface area contributed by atoms with Crippen LogP contribution in [-0.4, -0.2) is 36.5 Å². The third-order valence-corrected chi connectivity index (χ3v) is 3.40. The maximum atomic E-state index is 12.1. The number of ether oxygens (including phenoxy) is 2. The molecule has 1 amide bonds. The van der Waals surface area contributed by atoms with Crippen LogP contribution in [0.3, 0.4) is 0 Å². The first-order valence-corrected chi connectivity index (χ1v) is 7.36. The number of methoxy groups -OCH3 is 2. The van der Waals surface area contributed by atoms with E-state index in [2.05, 4.69) is 20.7 Å². The lowest BCUT2D eigenvalue weighted by molar-refractivity contribution is 0.0950. The van der Waals surface area contributed by atoms with Gasteiger partial charge in [0, 0.05) is 5.56 Å². The second-order valence-corrected chi connectivity index (χ2v) is 4.95. The van der Waals surface area contributed by atoms with E-state index in [4.69, 9.17) is 13.9 Å². The number of amides is 1. The summed E-state index contributed by atoms with van der Waals surface area (Å²) in [6, 6.07) is 10.5. The van der Waals surface area contributed by atoms with Crippen LogP contribution in [0, 0.1) is 0 Å². The predicted molar refractivity (Wildman–Crippen MR) is 90.9 cm³/mol. The molecule has 8 nitrogen and oxygen atoms in total. The van der Waals surface area contributed by atoms with Crippen molar-refractivity contribution in [2.75, 3.05) is 14.2 Å². The molecule has 128 valence electrons. The molecule has 0 unspecified atom stereocenters. The van der Waals surface area contributed by atoms with E-state index >= 15 is 0 Å². The van der Waals surface area contributed by atoms with Crippen molar-refractivity contribution in [2.45, 2.75) is 0 Å². The number of carbonyl (C=O) groups is 1. The standard InChI is InChI=1S/C17H16N4O4/c1-23-15-6-5-11(8-16(15)24-2)13-9-14(20-19-13)17(22)21-18-10-12-4-3-7-25-12/h3-10H,1-2H3,(H,19,20)(H,21,22). The lowest BCUT2D eigenvalue weighted by Crippen LogP contribution is -2.17. The third kappa shape index (κ3) is 3.69. The molecule has 0 fully saturated rings. The van der Waals surface area contributed by atoms with Crippen LogP contribution in [0.1, 0.15) is 16.2 Å². The van der Waals surface area contributed by atoms with Gasteiger partial charge in [0.15, 0.2) is 11.5 Å². The molecule has 0 aliphatic heterocycles. The van der Waals surface area contributed by atoms with E-state index in [0.29, 0.717) is 23.0 Å². The first kappa shape index (κ1) is 16.3. The third-order valence-electron chi connectivity index (χ3n) is 3.40. The number of nitrogens with zero attached hydrogens (tertiary/aromatic N) is 2. The summed E-state index contributed by atoms with van der Waals surface area (Å²) in [6.07, 6.45) is 2.93. The first-order valence-electron chi connectivity index (χ1n) is 7.36. The number of aromatic amines is 1. The zero-order valence-corrected chi connectivity index (χ0v) is 13.6. The number of aromatic nitrogens is 2. The van der Waals surface area contributed by atoms with Gasteiger partial charge in [-0.05, 0) is 36.4 Å². The molecule has 3 rings (SSSR count). The molecular weight excluding hydrogens is 324 g/mol. The van der Waals surface area contributed by atoms with Crippen LogP contribution in [0.4, 0.5) is 0 Å². The quantitative estimate of drug-likeness (QED) is 0.530. The molecule has 1 aromatic carbocycles. The summed E-state index contributed by atoms with van der Waals surface area (Å²) in [5.74, 6) is 1.32. The van der Waals surface area contributed by atoms with Gasteiger partial charge in [-0.1, -0.05) is 0 Å². The summed E-state index contributed by atoms with van der Waals surface area (Å²) in [5, 5.41) is 10.6. The van der Waals surface area contributed by atoms with Crippen molar-refractivity contribution in [3.63, 3.8) is 0 Å². The lowest BCUT2D eigenvalue weighted by atomic mass is 10.1. The molecule has 0 bridgehead atoms. The van der Waals surface area contributed by atoms with Gasteiger partial charge in [0.05, 0.1) is 32.4 Å². The fourth-order valence-corrected chi connectivity index (χ4v) is 2.16. The average molecular weight is 340 g/mol. The smallest absolute Gasteiger partial charge is 0.289 e. The van der Waals surface area contributed by atoms with Crippen LogP contribution >= 0.6 is 0 Å². The van der Waals surface area contributed by atoms with Crippen molar-refractivity contribution in [1.29, 1.82) is 0 Å². The Bertz CT molecular complexity index is 884. The van der Waals surface area contributed by atoms with Gasteiger partial charge >= 0.3 is 0 Å². The highest BCUT2D eigenvalue weighted by molar-refractivity contribution is 5.94. The monoisotopic (exact) mass is 340 g/mol. The minimum absolute atomic E-state index is 0.279. The minimum atomic E-state index is -0.415. The van der Waals surface area contributed by atoms with E-state index in [0.717, 1.165) is 5.56 Å². The number of hydrogen-bond acceptors (Lipinski definition) is 6. The molecule has 0 aliphatic carbocycles. The zero-order chi connectivity index (χ0) is 17.6. The summed E-state index contributed by atoms with van der Waals surface area (Å²) in [6.45, 7) is 0. The summed E-state index contributed by atoms with van der Waals surface area (Å²) < 4.78 is 15.6. The summed E-state index contributed by atoms with van der Waals surface area (Å²) >= 11 is 0. The number of hydrazone groups is 1. The second kappa shape index (κ2) is 7.35. The number of nitrogens with one attached hydrogen (secondary N) is 2. The molecule has 0 saturated carbocycles. The van der Waals surface area contributed by atoms with E-state index in [9.17, 15) is 4.79 Å². The van der Waals surface area contributed by atoms with Gasteiger partial charge < -0.3 is 13.9 Å². The molecule has 2 N–H and O–H groups in total. The maximum absolute atomic E-state index is 12.1. The number of carbonyl (C=O) groups excluding carboxylic acids is 1. The van der Waals surface area contributed by atoms with E-state index < -0.39 is 5.91 Å². The van der Waals surface area contributed by atoms with Crippen LogP contribution in [0.25, 0.3) is 11.3 Å². The molecule has 8 heteroatoms. The topological polar surface area (TPSA) is 102 Å². The minimum Gasteiger partial charge on any atom is -0.493 e. The summed E-state index contributed by atoms with van der Waals surface area (Å²) in [4.78, 5) is 12.1. The van der Waals surface area contributed by atoms with Crippen LogP contribution < -0.4 is 14.9 Å². The van der Waals surface area contributed by atoms with Crippen molar-refractivity contribution in [3.05, 3.63) is 54.1 Å². The molecule has 0 aliphatic rings. The Morgan fingerprint density at radius 1 is 1.24 bits per heavy atom. The Labute approximate surface area is 143 Å². The number of furan rings is 1. The number of rotatable bonds is 6. The Balaban J connectivity index is 1.72. The number of hydrogen-bond donors (Lipinski definition) is 2.